The summed E-state index contributed by atoms with van der Waals surface area (Å²) < 4.78 is 32.5. The van der Waals surface area contributed by atoms with Gasteiger partial charge in [0, 0.05) is 12.0 Å². The molecule has 0 amide bonds. The van der Waals surface area contributed by atoms with Crippen LogP contribution in [-0.4, -0.2) is 17.7 Å². The highest BCUT2D eigenvalue weighted by Crippen LogP contribution is 2.26. The van der Waals surface area contributed by atoms with Crippen molar-refractivity contribution in [1.82, 2.24) is 0 Å². The van der Waals surface area contributed by atoms with Crippen molar-refractivity contribution in [3.63, 3.8) is 0 Å². The molecular weight excluding hydrogens is 302 g/mol. The van der Waals surface area contributed by atoms with Crippen LogP contribution in [0.1, 0.15) is 25.7 Å². The third-order valence-corrected chi connectivity index (χ3v) is 3.42. The van der Waals surface area contributed by atoms with Crippen molar-refractivity contribution in [3.05, 3.63) is 54.1 Å². The Balaban J connectivity index is 1.85. The lowest BCUT2D eigenvalue weighted by Crippen LogP contribution is -1.99. The van der Waals surface area contributed by atoms with Gasteiger partial charge in [-0.3, -0.25) is 4.79 Å². The molecule has 0 saturated heterocycles. The van der Waals surface area contributed by atoms with E-state index in [2.05, 4.69) is 0 Å². The number of benzene rings is 2. The van der Waals surface area contributed by atoms with Gasteiger partial charge in [0.1, 0.15) is 5.75 Å². The number of hydrogen-bond acceptors (Lipinski definition) is 2. The molecular formula is C18H18F2O3. The zero-order chi connectivity index (χ0) is 16.7. The SMILES string of the molecule is O=C(O)CCCCCOc1ccc(-c2cccc(F)c2F)cc1. The smallest absolute Gasteiger partial charge is 0.303 e. The Bertz CT molecular complexity index is 654. The van der Waals surface area contributed by atoms with Crippen molar-refractivity contribution in [2.24, 2.45) is 0 Å². The van der Waals surface area contributed by atoms with Gasteiger partial charge in [-0.2, -0.15) is 0 Å². The second kappa shape index (κ2) is 8.27. The Morgan fingerprint density at radius 2 is 1.74 bits per heavy atom. The third kappa shape index (κ3) is 5.06. The van der Waals surface area contributed by atoms with Crippen molar-refractivity contribution >= 4 is 5.97 Å². The van der Waals surface area contributed by atoms with Crippen LogP contribution < -0.4 is 4.74 Å². The minimum Gasteiger partial charge on any atom is -0.494 e. The molecule has 0 aromatic heterocycles. The summed E-state index contributed by atoms with van der Waals surface area (Å²) in [6.45, 7) is 0.493. The van der Waals surface area contributed by atoms with E-state index in [4.69, 9.17) is 9.84 Å². The highest BCUT2D eigenvalue weighted by molar-refractivity contribution is 5.66. The average Bonchev–Trinajstić information content (AvgIpc) is 2.54. The monoisotopic (exact) mass is 320 g/mol. The standard InChI is InChI=1S/C18H18F2O3/c19-16-6-4-5-15(18(16)20)13-8-10-14(11-9-13)23-12-3-1-2-7-17(21)22/h4-6,8-11H,1-3,7,12H2,(H,21,22). The van der Waals surface area contributed by atoms with Gasteiger partial charge >= 0.3 is 5.97 Å². The van der Waals surface area contributed by atoms with Crippen molar-refractivity contribution in [3.8, 4) is 16.9 Å². The lowest BCUT2D eigenvalue weighted by atomic mass is 10.0. The molecule has 122 valence electrons. The minimum absolute atomic E-state index is 0.175. The van der Waals surface area contributed by atoms with Crippen molar-refractivity contribution in [1.29, 1.82) is 0 Å². The van der Waals surface area contributed by atoms with Crippen LogP contribution in [0, 0.1) is 11.6 Å². The molecule has 0 bridgehead atoms. The van der Waals surface area contributed by atoms with Gasteiger partial charge in [-0.15, -0.1) is 0 Å². The van der Waals surface area contributed by atoms with Gasteiger partial charge in [-0.05, 0) is 43.0 Å². The van der Waals surface area contributed by atoms with Crippen molar-refractivity contribution in [2.45, 2.75) is 25.7 Å². The largest absolute Gasteiger partial charge is 0.494 e. The molecule has 0 spiro atoms. The highest BCUT2D eigenvalue weighted by atomic mass is 19.2. The number of carboxylic acid groups (broad SMARTS) is 1. The number of aliphatic carboxylic acids is 1. The van der Waals surface area contributed by atoms with Crippen LogP contribution in [0.3, 0.4) is 0 Å². The van der Waals surface area contributed by atoms with E-state index in [0.717, 1.165) is 18.9 Å². The molecule has 0 aliphatic carbocycles. The number of carbonyl (C=O) groups is 1. The first-order chi connectivity index (χ1) is 11.1. The van der Waals surface area contributed by atoms with Crippen molar-refractivity contribution in [2.75, 3.05) is 6.61 Å². The van der Waals surface area contributed by atoms with E-state index >= 15 is 0 Å². The van der Waals surface area contributed by atoms with Gasteiger partial charge in [0.2, 0.25) is 0 Å². The van der Waals surface area contributed by atoms with Crippen LogP contribution >= 0.6 is 0 Å². The first-order valence-corrected chi connectivity index (χ1v) is 7.47. The Morgan fingerprint density at radius 1 is 1.00 bits per heavy atom. The molecule has 3 nitrogen and oxygen atoms in total. The Morgan fingerprint density at radius 3 is 2.43 bits per heavy atom. The minimum atomic E-state index is -0.871. The highest BCUT2D eigenvalue weighted by Gasteiger charge is 2.09. The molecule has 2 aromatic carbocycles. The summed E-state index contributed by atoms with van der Waals surface area (Å²) in [5.41, 5.74) is 0.793. The summed E-state index contributed by atoms with van der Waals surface area (Å²) >= 11 is 0. The quantitative estimate of drug-likeness (QED) is 0.720. The van der Waals surface area contributed by atoms with Crippen molar-refractivity contribution < 1.29 is 23.4 Å². The van der Waals surface area contributed by atoms with Gasteiger partial charge in [0.15, 0.2) is 11.6 Å². The van der Waals surface area contributed by atoms with E-state index in [1.54, 1.807) is 24.3 Å². The lowest BCUT2D eigenvalue weighted by molar-refractivity contribution is -0.137. The molecule has 0 aliphatic rings. The van der Waals surface area contributed by atoms with Crippen LogP contribution in [0.4, 0.5) is 8.78 Å². The number of hydrogen-bond donors (Lipinski definition) is 1. The molecule has 0 fully saturated rings. The van der Waals surface area contributed by atoms with Crippen LogP contribution in [0.15, 0.2) is 42.5 Å². The number of halogens is 2. The van der Waals surface area contributed by atoms with E-state index in [9.17, 15) is 13.6 Å². The van der Waals surface area contributed by atoms with E-state index in [1.165, 1.54) is 12.1 Å². The molecule has 0 saturated carbocycles. The molecule has 0 heterocycles. The van der Waals surface area contributed by atoms with Gasteiger partial charge in [0.25, 0.3) is 0 Å². The van der Waals surface area contributed by atoms with E-state index in [1.807, 2.05) is 0 Å². The first kappa shape index (κ1) is 16.9. The predicted molar refractivity (Wildman–Crippen MR) is 83.4 cm³/mol. The van der Waals surface area contributed by atoms with E-state index in [-0.39, 0.29) is 12.0 Å². The number of carboxylic acids is 1. The number of unbranched alkanes of at least 4 members (excludes halogenated alkanes) is 2. The van der Waals surface area contributed by atoms with Crippen LogP contribution in [0.25, 0.3) is 11.1 Å². The zero-order valence-electron chi connectivity index (χ0n) is 12.6. The maximum Gasteiger partial charge on any atom is 0.303 e. The predicted octanol–water partition coefficient (Wildman–Crippen LogP) is 4.66. The maximum absolute atomic E-state index is 13.7. The zero-order valence-corrected chi connectivity index (χ0v) is 12.6. The molecule has 1 N–H and O–H groups in total. The summed E-state index contributed by atoms with van der Waals surface area (Å²) in [6, 6.07) is 10.8. The third-order valence-electron chi connectivity index (χ3n) is 3.42. The fourth-order valence-electron chi connectivity index (χ4n) is 2.20. The normalized spacial score (nSPS) is 10.5. The topological polar surface area (TPSA) is 46.5 Å². The molecule has 2 aromatic rings. The molecule has 0 atom stereocenters. The fourth-order valence-corrected chi connectivity index (χ4v) is 2.20. The first-order valence-electron chi connectivity index (χ1n) is 7.47. The van der Waals surface area contributed by atoms with Crippen LogP contribution in [-0.2, 0) is 4.79 Å². The van der Waals surface area contributed by atoms with Crippen LogP contribution in [0.5, 0.6) is 5.75 Å². The second-order valence-corrected chi connectivity index (χ2v) is 5.18. The maximum atomic E-state index is 13.7. The van der Waals surface area contributed by atoms with E-state index in [0.29, 0.717) is 24.3 Å². The van der Waals surface area contributed by atoms with Gasteiger partial charge < -0.3 is 9.84 Å². The lowest BCUT2D eigenvalue weighted by Gasteiger charge is -2.08. The average molecular weight is 320 g/mol. The summed E-state index contributed by atoms with van der Waals surface area (Å²) in [5.74, 6) is -1.88. The molecule has 2 rings (SSSR count). The Labute approximate surface area is 133 Å². The van der Waals surface area contributed by atoms with Gasteiger partial charge in [-0.1, -0.05) is 24.3 Å². The number of ether oxygens (including phenoxy) is 1. The molecule has 23 heavy (non-hydrogen) atoms. The molecule has 5 heteroatoms. The molecule has 0 unspecified atom stereocenters. The molecule has 0 radical (unpaired) electrons. The van der Waals surface area contributed by atoms with Gasteiger partial charge in [0.05, 0.1) is 6.61 Å². The van der Waals surface area contributed by atoms with E-state index < -0.39 is 17.6 Å². The molecule has 0 aliphatic heterocycles. The second-order valence-electron chi connectivity index (χ2n) is 5.18. The summed E-state index contributed by atoms with van der Waals surface area (Å²) in [6.07, 6.45) is 2.37. The number of rotatable bonds is 8. The van der Waals surface area contributed by atoms with Crippen LogP contribution in [0.2, 0.25) is 0 Å². The summed E-state index contributed by atoms with van der Waals surface area (Å²) in [5, 5.41) is 8.52. The van der Waals surface area contributed by atoms with Gasteiger partial charge in [-0.25, -0.2) is 8.78 Å². The summed E-state index contributed by atoms with van der Waals surface area (Å²) in [4.78, 5) is 10.4. The summed E-state index contributed by atoms with van der Waals surface area (Å²) in [7, 11) is 0. The Kier molecular flexibility index (Phi) is 6.09. The fraction of sp³-hybridized carbons (Fsp3) is 0.278. The Hall–Kier alpha value is -2.43.